The molecule has 0 aliphatic heterocycles. The minimum atomic E-state index is -0.235. The van der Waals surface area contributed by atoms with Crippen LogP contribution >= 0.6 is 31.9 Å². The summed E-state index contributed by atoms with van der Waals surface area (Å²) in [4.78, 5) is 0. The number of rotatable bonds is 4. The molecule has 0 radical (unpaired) electrons. The molecule has 106 valence electrons. The summed E-state index contributed by atoms with van der Waals surface area (Å²) < 4.78 is 14.8. The highest BCUT2D eigenvalue weighted by Crippen LogP contribution is 2.24. The molecule has 0 saturated heterocycles. The smallest absolute Gasteiger partial charge is 0.137 e. The third-order valence-corrected chi connectivity index (χ3v) is 4.39. The van der Waals surface area contributed by atoms with Crippen LogP contribution in [0.1, 0.15) is 37.1 Å². The molecule has 1 N–H and O–H groups in total. The number of hydrogen-bond acceptors (Lipinski definition) is 1. The Morgan fingerprint density at radius 1 is 0.950 bits per heavy atom. The van der Waals surface area contributed by atoms with Crippen LogP contribution < -0.4 is 5.32 Å². The molecular weight excluding hydrogens is 385 g/mol. The first kappa shape index (κ1) is 15.7. The van der Waals surface area contributed by atoms with Crippen molar-refractivity contribution in [2.45, 2.75) is 25.9 Å². The first-order valence-corrected chi connectivity index (χ1v) is 8.02. The average Bonchev–Trinajstić information content (AvgIpc) is 2.41. The Hall–Kier alpha value is -0.710. The molecule has 2 aromatic rings. The maximum Gasteiger partial charge on any atom is 0.137 e. The fraction of sp³-hybridized carbons (Fsp3) is 0.250. The fourth-order valence-electron chi connectivity index (χ4n) is 2.13. The van der Waals surface area contributed by atoms with Gasteiger partial charge in [-0.25, -0.2) is 4.39 Å². The molecule has 0 bridgehead atoms. The standard InChI is InChI=1S/C16H16Br2FN/c1-10(12-4-3-5-14(17)8-12)20-11(2)13-6-7-16(19)15(18)9-13/h3-11,20H,1-2H3. The molecule has 0 amide bonds. The van der Waals surface area contributed by atoms with Crippen molar-refractivity contribution in [2.24, 2.45) is 0 Å². The van der Waals surface area contributed by atoms with Crippen LogP contribution in [-0.4, -0.2) is 0 Å². The van der Waals surface area contributed by atoms with Gasteiger partial charge in [0.05, 0.1) is 4.47 Å². The van der Waals surface area contributed by atoms with Crippen LogP contribution in [0.2, 0.25) is 0 Å². The zero-order valence-corrected chi connectivity index (χ0v) is 14.5. The minimum absolute atomic E-state index is 0.140. The Morgan fingerprint density at radius 3 is 2.20 bits per heavy atom. The van der Waals surface area contributed by atoms with E-state index in [-0.39, 0.29) is 17.9 Å². The van der Waals surface area contributed by atoms with Crippen molar-refractivity contribution < 1.29 is 4.39 Å². The third kappa shape index (κ3) is 3.90. The van der Waals surface area contributed by atoms with Crippen LogP contribution in [0.5, 0.6) is 0 Å². The van der Waals surface area contributed by atoms with Gasteiger partial charge in [0, 0.05) is 16.6 Å². The van der Waals surface area contributed by atoms with Crippen LogP contribution in [0.3, 0.4) is 0 Å². The van der Waals surface area contributed by atoms with Crippen molar-refractivity contribution in [3.8, 4) is 0 Å². The Labute approximate surface area is 135 Å². The summed E-state index contributed by atoms with van der Waals surface area (Å²) in [5.41, 5.74) is 2.27. The summed E-state index contributed by atoms with van der Waals surface area (Å²) in [5.74, 6) is -0.235. The van der Waals surface area contributed by atoms with Gasteiger partial charge in [0.1, 0.15) is 5.82 Å². The summed E-state index contributed by atoms with van der Waals surface area (Å²) in [6.45, 7) is 4.20. The molecular formula is C16H16Br2FN. The number of benzene rings is 2. The lowest BCUT2D eigenvalue weighted by Gasteiger charge is -2.21. The van der Waals surface area contributed by atoms with Gasteiger partial charge in [0.25, 0.3) is 0 Å². The van der Waals surface area contributed by atoms with E-state index in [1.165, 1.54) is 11.6 Å². The lowest BCUT2D eigenvalue weighted by molar-refractivity contribution is 0.493. The van der Waals surface area contributed by atoms with Gasteiger partial charge in [0.15, 0.2) is 0 Å². The first-order chi connectivity index (χ1) is 9.47. The fourth-order valence-corrected chi connectivity index (χ4v) is 2.94. The lowest BCUT2D eigenvalue weighted by Crippen LogP contribution is -2.22. The summed E-state index contributed by atoms with van der Waals surface area (Å²) in [6.07, 6.45) is 0. The summed E-state index contributed by atoms with van der Waals surface area (Å²) in [6, 6.07) is 13.7. The van der Waals surface area contributed by atoms with Crippen LogP contribution in [-0.2, 0) is 0 Å². The second-order valence-corrected chi connectivity index (χ2v) is 6.61. The summed E-state index contributed by atoms with van der Waals surface area (Å²) in [7, 11) is 0. The highest BCUT2D eigenvalue weighted by molar-refractivity contribution is 9.10. The van der Waals surface area contributed by atoms with E-state index in [0.717, 1.165) is 10.0 Å². The van der Waals surface area contributed by atoms with Crippen molar-refractivity contribution in [3.63, 3.8) is 0 Å². The van der Waals surface area contributed by atoms with Crippen molar-refractivity contribution >= 4 is 31.9 Å². The van der Waals surface area contributed by atoms with Crippen LogP contribution in [0.25, 0.3) is 0 Å². The molecule has 0 aliphatic carbocycles. The Morgan fingerprint density at radius 2 is 1.60 bits per heavy atom. The van der Waals surface area contributed by atoms with E-state index in [0.29, 0.717) is 4.47 Å². The van der Waals surface area contributed by atoms with E-state index in [1.807, 2.05) is 24.3 Å². The van der Waals surface area contributed by atoms with E-state index in [9.17, 15) is 4.39 Å². The molecule has 20 heavy (non-hydrogen) atoms. The van der Waals surface area contributed by atoms with Crippen molar-refractivity contribution in [1.82, 2.24) is 5.32 Å². The van der Waals surface area contributed by atoms with E-state index in [4.69, 9.17) is 0 Å². The van der Waals surface area contributed by atoms with Crippen molar-refractivity contribution in [2.75, 3.05) is 0 Å². The van der Waals surface area contributed by atoms with Crippen LogP contribution in [0.4, 0.5) is 4.39 Å². The Bertz CT molecular complexity index is 601. The maximum atomic E-state index is 13.3. The predicted octanol–water partition coefficient (Wildman–Crippen LogP) is 5.76. The van der Waals surface area contributed by atoms with Gasteiger partial charge in [0.2, 0.25) is 0 Å². The van der Waals surface area contributed by atoms with Gasteiger partial charge in [-0.1, -0.05) is 34.1 Å². The normalized spacial score (nSPS) is 14.1. The predicted molar refractivity (Wildman–Crippen MR) is 88.2 cm³/mol. The molecule has 4 heteroatoms. The molecule has 2 rings (SSSR count). The minimum Gasteiger partial charge on any atom is -0.304 e. The second kappa shape index (κ2) is 6.83. The molecule has 0 spiro atoms. The van der Waals surface area contributed by atoms with Gasteiger partial charge in [-0.2, -0.15) is 0 Å². The van der Waals surface area contributed by atoms with Gasteiger partial charge in [-0.15, -0.1) is 0 Å². The van der Waals surface area contributed by atoms with E-state index in [1.54, 1.807) is 0 Å². The quantitative estimate of drug-likeness (QED) is 0.687. The topological polar surface area (TPSA) is 12.0 Å². The zero-order valence-electron chi connectivity index (χ0n) is 11.3. The van der Waals surface area contributed by atoms with Crippen molar-refractivity contribution in [3.05, 3.63) is 68.4 Å². The lowest BCUT2D eigenvalue weighted by atomic mass is 10.0. The van der Waals surface area contributed by atoms with Gasteiger partial charge >= 0.3 is 0 Å². The zero-order chi connectivity index (χ0) is 14.7. The molecule has 0 saturated carbocycles. The Kier molecular flexibility index (Phi) is 5.35. The number of nitrogens with one attached hydrogen (secondary N) is 1. The number of halogens is 3. The molecule has 0 fully saturated rings. The molecule has 0 aliphatic rings. The molecule has 0 aromatic heterocycles. The van der Waals surface area contributed by atoms with Gasteiger partial charge < -0.3 is 5.32 Å². The largest absolute Gasteiger partial charge is 0.304 e. The Balaban J connectivity index is 2.10. The van der Waals surface area contributed by atoms with Gasteiger partial charge in [-0.3, -0.25) is 0 Å². The van der Waals surface area contributed by atoms with E-state index >= 15 is 0 Å². The first-order valence-electron chi connectivity index (χ1n) is 6.44. The SMILES string of the molecule is CC(NC(C)c1ccc(F)c(Br)c1)c1cccc(Br)c1. The monoisotopic (exact) mass is 399 g/mol. The van der Waals surface area contributed by atoms with Crippen LogP contribution in [0, 0.1) is 5.82 Å². The molecule has 0 heterocycles. The average molecular weight is 401 g/mol. The summed E-state index contributed by atoms with van der Waals surface area (Å²) >= 11 is 6.71. The highest BCUT2D eigenvalue weighted by Gasteiger charge is 2.12. The number of hydrogen-bond donors (Lipinski definition) is 1. The third-order valence-electron chi connectivity index (χ3n) is 3.29. The maximum absolute atomic E-state index is 13.3. The molecule has 2 atom stereocenters. The highest BCUT2D eigenvalue weighted by atomic mass is 79.9. The second-order valence-electron chi connectivity index (χ2n) is 4.84. The molecule has 2 unspecified atom stereocenters. The van der Waals surface area contributed by atoms with E-state index in [2.05, 4.69) is 63.2 Å². The van der Waals surface area contributed by atoms with Crippen LogP contribution in [0.15, 0.2) is 51.4 Å². The molecule has 2 aromatic carbocycles. The van der Waals surface area contributed by atoms with E-state index < -0.39 is 0 Å². The van der Waals surface area contributed by atoms with Gasteiger partial charge in [-0.05, 0) is 65.2 Å². The van der Waals surface area contributed by atoms with Crippen molar-refractivity contribution in [1.29, 1.82) is 0 Å². The molecule has 1 nitrogen and oxygen atoms in total. The summed E-state index contributed by atoms with van der Waals surface area (Å²) in [5, 5.41) is 3.52.